The number of carbonyl (C=O) groups is 3. The molecule has 188 valence electrons. The van der Waals surface area contributed by atoms with Gasteiger partial charge in [-0.05, 0) is 48.9 Å². The second-order valence-corrected chi connectivity index (χ2v) is 9.24. The monoisotopic (exact) mass is 489 g/mol. The number of carbonyl (C=O) groups excluding carboxylic acids is 3. The molecule has 36 heavy (non-hydrogen) atoms. The van der Waals surface area contributed by atoms with E-state index in [9.17, 15) is 14.4 Å². The van der Waals surface area contributed by atoms with Gasteiger partial charge in [-0.25, -0.2) is 9.78 Å². The van der Waals surface area contributed by atoms with Gasteiger partial charge in [0, 0.05) is 36.8 Å². The number of rotatable bonds is 9. The van der Waals surface area contributed by atoms with Gasteiger partial charge >= 0.3 is 6.03 Å². The van der Waals surface area contributed by atoms with Crippen molar-refractivity contribution in [3.63, 3.8) is 0 Å². The number of aryl methyl sites for hydroxylation is 1. The second-order valence-electron chi connectivity index (χ2n) is 9.24. The molecule has 3 rings (SSSR count). The van der Waals surface area contributed by atoms with Crippen LogP contribution in [0.5, 0.6) is 0 Å². The van der Waals surface area contributed by atoms with Gasteiger partial charge in [0.05, 0.1) is 22.7 Å². The van der Waals surface area contributed by atoms with Crippen molar-refractivity contribution in [2.24, 2.45) is 11.1 Å². The third kappa shape index (κ3) is 5.99. The third-order valence-electron chi connectivity index (χ3n) is 5.96. The van der Waals surface area contributed by atoms with E-state index in [1.54, 1.807) is 52.9 Å². The Morgan fingerprint density at radius 1 is 1.14 bits per heavy atom. The van der Waals surface area contributed by atoms with Crippen molar-refractivity contribution in [1.82, 2.24) is 9.55 Å². The predicted molar refractivity (Wildman–Crippen MR) is 139 cm³/mol. The number of anilines is 3. The summed E-state index contributed by atoms with van der Waals surface area (Å²) in [5.74, 6) is -0.253. The molecule has 1 heterocycles. The van der Waals surface area contributed by atoms with Gasteiger partial charge in [-0.1, -0.05) is 27.2 Å². The lowest BCUT2D eigenvalue weighted by atomic mass is 9.86. The fourth-order valence-corrected chi connectivity index (χ4v) is 4.07. The second kappa shape index (κ2) is 10.9. The van der Waals surface area contributed by atoms with E-state index in [4.69, 9.17) is 11.0 Å². The van der Waals surface area contributed by atoms with Crippen LogP contribution in [-0.2, 0) is 16.1 Å². The number of primary amides is 1. The molecule has 3 aromatic rings. The fraction of sp³-hybridized carbons (Fsp3) is 0.346. The van der Waals surface area contributed by atoms with Crippen molar-refractivity contribution < 1.29 is 14.4 Å². The van der Waals surface area contributed by atoms with E-state index in [1.165, 1.54) is 0 Å². The molecule has 10 heteroatoms. The van der Waals surface area contributed by atoms with Gasteiger partial charge in [0.2, 0.25) is 17.8 Å². The van der Waals surface area contributed by atoms with E-state index in [2.05, 4.69) is 15.6 Å². The summed E-state index contributed by atoms with van der Waals surface area (Å²) in [4.78, 5) is 43.3. The molecule has 0 saturated carbocycles. The van der Waals surface area contributed by atoms with Crippen LogP contribution in [-0.4, -0.2) is 34.4 Å². The first-order valence-electron chi connectivity index (χ1n) is 11.7. The molecule has 2 aromatic carbocycles. The molecule has 0 atom stereocenters. The van der Waals surface area contributed by atoms with Crippen LogP contribution in [0.15, 0.2) is 42.5 Å². The first-order valence-corrected chi connectivity index (χ1v) is 11.7. The van der Waals surface area contributed by atoms with Gasteiger partial charge in [-0.2, -0.15) is 5.26 Å². The normalized spacial score (nSPS) is 11.1. The lowest BCUT2D eigenvalue weighted by molar-refractivity contribution is -0.126. The summed E-state index contributed by atoms with van der Waals surface area (Å²) in [6.07, 6.45) is 1.72. The summed E-state index contributed by atoms with van der Waals surface area (Å²) in [6.45, 7) is 6.13. The number of nitriles is 1. The smallest absolute Gasteiger partial charge is 0.326 e. The lowest BCUT2D eigenvalue weighted by Crippen LogP contribution is -2.38. The lowest BCUT2D eigenvalue weighted by Gasteiger charge is -2.29. The molecule has 0 aliphatic rings. The Morgan fingerprint density at radius 2 is 1.83 bits per heavy atom. The van der Waals surface area contributed by atoms with E-state index < -0.39 is 17.4 Å². The first kappa shape index (κ1) is 26.2. The highest BCUT2D eigenvalue weighted by Gasteiger charge is 2.30. The molecule has 0 spiro atoms. The number of hydrogen-bond acceptors (Lipinski definition) is 5. The van der Waals surface area contributed by atoms with Crippen molar-refractivity contribution in [3.8, 4) is 6.07 Å². The maximum atomic E-state index is 13.1. The Kier molecular flexibility index (Phi) is 7.94. The first-order chi connectivity index (χ1) is 17.1. The number of nitrogens with two attached hydrogens (primary N) is 1. The van der Waals surface area contributed by atoms with Gasteiger partial charge < -0.3 is 20.5 Å². The van der Waals surface area contributed by atoms with Crippen molar-refractivity contribution in [1.29, 1.82) is 5.26 Å². The highest BCUT2D eigenvalue weighted by atomic mass is 16.2. The van der Waals surface area contributed by atoms with Crippen LogP contribution in [0, 0.1) is 16.7 Å². The molecule has 0 aliphatic heterocycles. The summed E-state index contributed by atoms with van der Waals surface area (Å²) in [5.41, 5.74) is 7.74. The van der Waals surface area contributed by atoms with Gasteiger partial charge in [-0.3, -0.25) is 14.9 Å². The number of nitrogens with one attached hydrogen (secondary N) is 2. The highest BCUT2D eigenvalue weighted by molar-refractivity contribution is 6.01. The van der Waals surface area contributed by atoms with E-state index in [1.807, 2.05) is 32.9 Å². The Morgan fingerprint density at radius 3 is 2.44 bits per heavy atom. The SMILES string of the molecule is CCCC(C)(C)C(=O)N(C)c1ccc2c(c1)nc(NC(=O)Nc1ccc(C#N)cc1)n2CCC(N)=O. The summed E-state index contributed by atoms with van der Waals surface area (Å²) in [7, 11) is 1.73. The quantitative estimate of drug-likeness (QED) is 0.412. The predicted octanol–water partition coefficient (Wildman–Crippen LogP) is 4.22. The van der Waals surface area contributed by atoms with E-state index in [-0.39, 0.29) is 24.8 Å². The molecule has 0 unspecified atom stereocenters. The molecule has 1 aromatic heterocycles. The number of hydrogen-bond donors (Lipinski definition) is 3. The van der Waals surface area contributed by atoms with Crippen LogP contribution < -0.4 is 21.3 Å². The van der Waals surface area contributed by atoms with Gasteiger partial charge in [-0.15, -0.1) is 0 Å². The number of benzene rings is 2. The zero-order valence-corrected chi connectivity index (χ0v) is 21.0. The number of aromatic nitrogens is 2. The molecule has 0 bridgehead atoms. The molecule has 10 nitrogen and oxygen atoms in total. The van der Waals surface area contributed by atoms with Crippen LogP contribution in [0.3, 0.4) is 0 Å². The number of nitrogens with zero attached hydrogens (tertiary/aromatic N) is 4. The maximum Gasteiger partial charge on any atom is 0.326 e. The fourth-order valence-electron chi connectivity index (χ4n) is 4.07. The summed E-state index contributed by atoms with van der Waals surface area (Å²) in [6, 6.07) is 13.3. The van der Waals surface area contributed by atoms with Crippen molar-refractivity contribution in [2.75, 3.05) is 22.6 Å². The van der Waals surface area contributed by atoms with Crippen LogP contribution in [0.4, 0.5) is 22.1 Å². The molecule has 0 fully saturated rings. The zero-order valence-electron chi connectivity index (χ0n) is 21.0. The Balaban J connectivity index is 1.90. The molecule has 0 radical (unpaired) electrons. The topological polar surface area (TPSA) is 146 Å². The van der Waals surface area contributed by atoms with E-state index in [0.29, 0.717) is 28.0 Å². The average Bonchev–Trinajstić information content (AvgIpc) is 3.17. The minimum absolute atomic E-state index is 0.00277. The summed E-state index contributed by atoms with van der Waals surface area (Å²) < 4.78 is 1.70. The van der Waals surface area contributed by atoms with Gasteiger partial charge in [0.25, 0.3) is 0 Å². The van der Waals surface area contributed by atoms with E-state index in [0.717, 1.165) is 12.8 Å². The molecular formula is C26H31N7O3. The Labute approximate surface area is 210 Å². The highest BCUT2D eigenvalue weighted by Crippen LogP contribution is 2.30. The molecule has 0 saturated heterocycles. The largest absolute Gasteiger partial charge is 0.370 e. The maximum absolute atomic E-state index is 13.1. The van der Waals surface area contributed by atoms with Gasteiger partial charge in [0.15, 0.2) is 0 Å². The third-order valence-corrected chi connectivity index (χ3v) is 5.96. The van der Waals surface area contributed by atoms with Crippen molar-refractivity contribution in [3.05, 3.63) is 48.0 Å². The zero-order chi connectivity index (χ0) is 26.5. The van der Waals surface area contributed by atoms with Crippen LogP contribution in [0.25, 0.3) is 11.0 Å². The molecular weight excluding hydrogens is 458 g/mol. The average molecular weight is 490 g/mol. The molecule has 4 amide bonds. The van der Waals surface area contributed by atoms with Crippen LogP contribution in [0.2, 0.25) is 0 Å². The molecule has 4 N–H and O–H groups in total. The summed E-state index contributed by atoms with van der Waals surface area (Å²) >= 11 is 0. The molecule has 0 aliphatic carbocycles. The van der Waals surface area contributed by atoms with E-state index >= 15 is 0 Å². The number of imidazole rings is 1. The standard InChI is InChI=1S/C26H31N7O3/c1-5-13-26(2,3)23(35)32(4)19-10-11-21-20(15-19)30-24(33(21)14-12-22(28)34)31-25(36)29-18-8-6-17(16-27)7-9-18/h6-11,15H,5,12-14H2,1-4H3,(H2,28,34)(H2,29,30,31,36). The van der Waals surface area contributed by atoms with Gasteiger partial charge in [0.1, 0.15) is 0 Å². The van der Waals surface area contributed by atoms with Crippen molar-refractivity contribution >= 4 is 46.2 Å². The van der Waals surface area contributed by atoms with Crippen LogP contribution in [0.1, 0.15) is 45.6 Å². The number of amides is 4. The number of fused-ring (bicyclic) bond motifs is 1. The van der Waals surface area contributed by atoms with Crippen LogP contribution >= 0.6 is 0 Å². The summed E-state index contributed by atoms with van der Waals surface area (Å²) in [5, 5.41) is 14.3. The number of urea groups is 1. The Bertz CT molecular complexity index is 1320. The minimum atomic E-state index is -0.538. The van der Waals surface area contributed by atoms with Crippen molar-refractivity contribution in [2.45, 2.75) is 46.6 Å². The Hall–Kier alpha value is -4.39. The minimum Gasteiger partial charge on any atom is -0.370 e.